The summed E-state index contributed by atoms with van der Waals surface area (Å²) in [4.78, 5) is 0. The van der Waals surface area contributed by atoms with E-state index in [2.05, 4.69) is 37.2 Å². The predicted octanol–water partition coefficient (Wildman–Crippen LogP) is 1.97. The largest absolute Gasteiger partial charge is 0.395 e. The van der Waals surface area contributed by atoms with Gasteiger partial charge in [-0.3, -0.25) is 0 Å². The van der Waals surface area contributed by atoms with E-state index in [0.717, 1.165) is 6.42 Å². The molecule has 0 amide bonds. The van der Waals surface area contributed by atoms with Gasteiger partial charge in [0.05, 0.1) is 6.61 Å². The Morgan fingerprint density at radius 3 is 2.39 bits per heavy atom. The van der Waals surface area contributed by atoms with Gasteiger partial charge >= 0.3 is 0 Å². The van der Waals surface area contributed by atoms with Gasteiger partial charge < -0.3 is 10.4 Å². The highest BCUT2D eigenvalue weighted by atomic mass is 16.3. The lowest BCUT2D eigenvalue weighted by molar-refractivity contribution is 0.234. The van der Waals surface area contributed by atoms with Crippen molar-refractivity contribution in [2.24, 2.45) is 0 Å². The van der Waals surface area contributed by atoms with Crippen LogP contribution in [0.25, 0.3) is 0 Å². The normalized spacial score (nSPS) is 19.9. The van der Waals surface area contributed by atoms with E-state index in [1.54, 1.807) is 0 Å². The summed E-state index contributed by atoms with van der Waals surface area (Å²) in [5, 5.41) is 12.9. The minimum atomic E-state index is 0.0947. The number of hydrogen-bond donors (Lipinski definition) is 2. The van der Waals surface area contributed by atoms with Gasteiger partial charge in [0.25, 0.3) is 0 Å². The van der Waals surface area contributed by atoms with E-state index in [-0.39, 0.29) is 18.7 Å². The molecule has 0 spiro atoms. The SMILES string of the molecule is C[C@@H](N[C@H](CO)Cc1ccccc1)[C]1[CH][CH][CH][CH]1. The Kier molecular flexibility index (Phi) is 5.21. The van der Waals surface area contributed by atoms with E-state index in [1.807, 2.05) is 31.0 Å². The van der Waals surface area contributed by atoms with Crippen LogP contribution >= 0.6 is 0 Å². The first kappa shape index (κ1) is 13.6. The fourth-order valence-corrected chi connectivity index (χ4v) is 2.20. The van der Waals surface area contributed by atoms with Gasteiger partial charge in [0.1, 0.15) is 0 Å². The minimum Gasteiger partial charge on any atom is -0.395 e. The molecule has 18 heavy (non-hydrogen) atoms. The van der Waals surface area contributed by atoms with Gasteiger partial charge in [-0.15, -0.1) is 0 Å². The van der Waals surface area contributed by atoms with Crippen LogP contribution in [0.3, 0.4) is 0 Å². The monoisotopic (exact) mass is 242 g/mol. The van der Waals surface area contributed by atoms with E-state index in [0.29, 0.717) is 0 Å². The molecule has 0 heterocycles. The van der Waals surface area contributed by atoms with Crippen molar-refractivity contribution in [2.45, 2.75) is 25.4 Å². The molecule has 1 aromatic carbocycles. The Labute approximate surface area is 110 Å². The van der Waals surface area contributed by atoms with E-state index in [4.69, 9.17) is 0 Å². The molecule has 2 rings (SSSR count). The average Bonchev–Trinajstić information content (AvgIpc) is 2.93. The van der Waals surface area contributed by atoms with Crippen molar-refractivity contribution in [3.63, 3.8) is 0 Å². The zero-order valence-corrected chi connectivity index (χ0v) is 10.7. The first-order chi connectivity index (χ1) is 8.79. The Bertz CT molecular complexity index is 332. The number of nitrogens with one attached hydrogen (secondary N) is 1. The maximum absolute atomic E-state index is 9.47. The Morgan fingerprint density at radius 1 is 1.11 bits per heavy atom. The van der Waals surface area contributed by atoms with E-state index < -0.39 is 0 Å². The van der Waals surface area contributed by atoms with Gasteiger partial charge in [-0.2, -0.15) is 0 Å². The summed E-state index contributed by atoms with van der Waals surface area (Å²) in [6.45, 7) is 2.28. The third-order valence-corrected chi connectivity index (χ3v) is 3.22. The standard InChI is InChI=1S/C16H20NO/c1-13(15-9-5-6-10-15)17-16(12-18)11-14-7-3-2-4-8-14/h2-10,13,16-18H,11-12H2,1H3/t13-,16+/m1/s1. The molecule has 5 radical (unpaired) electrons. The number of aliphatic hydroxyl groups excluding tert-OH is 1. The minimum absolute atomic E-state index is 0.0947. The summed E-state index contributed by atoms with van der Waals surface area (Å²) >= 11 is 0. The van der Waals surface area contributed by atoms with Crippen molar-refractivity contribution in [2.75, 3.05) is 6.61 Å². The van der Waals surface area contributed by atoms with Crippen molar-refractivity contribution < 1.29 is 5.11 Å². The van der Waals surface area contributed by atoms with Crippen molar-refractivity contribution in [3.05, 3.63) is 67.5 Å². The highest BCUT2D eigenvalue weighted by Crippen LogP contribution is 2.26. The Balaban J connectivity index is 1.85. The van der Waals surface area contributed by atoms with Crippen molar-refractivity contribution in [3.8, 4) is 0 Å². The highest BCUT2D eigenvalue weighted by Gasteiger charge is 2.24. The number of benzene rings is 1. The van der Waals surface area contributed by atoms with Crippen LogP contribution in [0.4, 0.5) is 0 Å². The molecule has 0 saturated heterocycles. The second-order valence-corrected chi connectivity index (χ2v) is 4.68. The van der Waals surface area contributed by atoms with Crippen LogP contribution < -0.4 is 5.32 Å². The highest BCUT2D eigenvalue weighted by molar-refractivity contribution is 5.38. The number of hydrogen-bond acceptors (Lipinski definition) is 2. The molecule has 2 atom stereocenters. The Hall–Kier alpha value is -0.860. The summed E-state index contributed by atoms with van der Waals surface area (Å²) in [5.41, 5.74) is 1.25. The number of rotatable bonds is 6. The van der Waals surface area contributed by atoms with E-state index >= 15 is 0 Å². The van der Waals surface area contributed by atoms with Crippen molar-refractivity contribution in [1.29, 1.82) is 0 Å². The van der Waals surface area contributed by atoms with Crippen LogP contribution in [0.2, 0.25) is 0 Å². The molecule has 0 aromatic heterocycles. The molecule has 95 valence electrons. The fourth-order valence-electron chi connectivity index (χ4n) is 2.20. The van der Waals surface area contributed by atoms with Crippen molar-refractivity contribution >= 4 is 0 Å². The first-order valence-corrected chi connectivity index (χ1v) is 6.42. The molecule has 2 heteroatoms. The van der Waals surface area contributed by atoms with Gasteiger partial charge in [-0.1, -0.05) is 30.3 Å². The van der Waals surface area contributed by atoms with Gasteiger partial charge in [0.15, 0.2) is 0 Å². The summed E-state index contributed by atoms with van der Waals surface area (Å²) in [6.07, 6.45) is 9.14. The fraction of sp³-hybridized carbons (Fsp3) is 0.312. The lowest BCUT2D eigenvalue weighted by Gasteiger charge is -2.25. The van der Waals surface area contributed by atoms with Crippen molar-refractivity contribution in [1.82, 2.24) is 5.32 Å². The first-order valence-electron chi connectivity index (χ1n) is 6.42. The second kappa shape index (κ2) is 6.91. The Morgan fingerprint density at radius 2 is 1.78 bits per heavy atom. The quantitative estimate of drug-likeness (QED) is 0.799. The average molecular weight is 242 g/mol. The molecule has 1 aromatic rings. The van der Waals surface area contributed by atoms with E-state index in [9.17, 15) is 5.11 Å². The molecule has 0 aliphatic heterocycles. The maximum Gasteiger partial charge on any atom is 0.0587 e. The van der Waals surface area contributed by atoms with E-state index in [1.165, 1.54) is 11.5 Å². The maximum atomic E-state index is 9.47. The molecule has 1 saturated carbocycles. The van der Waals surface area contributed by atoms with Crippen LogP contribution in [0.5, 0.6) is 0 Å². The van der Waals surface area contributed by atoms with Crippen LogP contribution in [-0.2, 0) is 6.42 Å². The molecule has 1 aliphatic carbocycles. The molecule has 0 bridgehead atoms. The lowest BCUT2D eigenvalue weighted by Crippen LogP contribution is -2.43. The molecular weight excluding hydrogens is 222 g/mol. The molecule has 1 fully saturated rings. The zero-order valence-electron chi connectivity index (χ0n) is 10.7. The summed E-state index contributed by atoms with van der Waals surface area (Å²) in [5.74, 6) is 1.27. The van der Waals surface area contributed by atoms with Crippen LogP contribution in [0.1, 0.15) is 12.5 Å². The molecular formula is C16H20NO. The molecule has 2 N–H and O–H groups in total. The van der Waals surface area contributed by atoms with Crippen LogP contribution in [0, 0.1) is 31.6 Å². The van der Waals surface area contributed by atoms with Crippen LogP contribution in [-0.4, -0.2) is 23.8 Å². The summed E-state index contributed by atoms with van der Waals surface area (Å²) < 4.78 is 0. The lowest BCUT2D eigenvalue weighted by atomic mass is 9.97. The molecule has 0 unspecified atom stereocenters. The third kappa shape index (κ3) is 3.82. The van der Waals surface area contributed by atoms with Gasteiger partial charge in [0.2, 0.25) is 0 Å². The molecule has 2 nitrogen and oxygen atoms in total. The van der Waals surface area contributed by atoms with Gasteiger partial charge in [-0.05, 0) is 50.5 Å². The van der Waals surface area contributed by atoms with Gasteiger partial charge in [0, 0.05) is 12.1 Å². The smallest absolute Gasteiger partial charge is 0.0587 e. The topological polar surface area (TPSA) is 32.3 Å². The van der Waals surface area contributed by atoms with Gasteiger partial charge in [-0.25, -0.2) is 0 Å². The molecule has 1 aliphatic rings. The number of aliphatic hydroxyl groups is 1. The second-order valence-electron chi connectivity index (χ2n) is 4.68. The zero-order chi connectivity index (χ0) is 12.8. The summed E-state index contributed by atoms with van der Waals surface area (Å²) in [6, 6.07) is 10.6. The predicted molar refractivity (Wildman–Crippen MR) is 74.1 cm³/mol. The third-order valence-electron chi connectivity index (χ3n) is 3.22. The van der Waals surface area contributed by atoms with Crippen LogP contribution in [0.15, 0.2) is 30.3 Å². The summed E-state index contributed by atoms with van der Waals surface area (Å²) in [7, 11) is 0.